The van der Waals surface area contributed by atoms with Gasteiger partial charge in [-0.1, -0.05) is 91.0 Å². The zero-order valence-electron chi connectivity index (χ0n) is 33.6. The lowest BCUT2D eigenvalue weighted by Crippen LogP contribution is -2.25. The first-order valence-corrected chi connectivity index (χ1v) is 20.4. The summed E-state index contributed by atoms with van der Waals surface area (Å²) in [6, 6.07) is 37.9. The Morgan fingerprint density at radius 3 is 1.72 bits per heavy atom. The number of aryl methyl sites for hydroxylation is 2. The van der Waals surface area contributed by atoms with Crippen LogP contribution in [-0.2, 0) is 12.8 Å². The second-order valence-corrected chi connectivity index (χ2v) is 16.8. The highest BCUT2D eigenvalue weighted by atomic mass is 15.3. The highest BCUT2D eigenvalue weighted by molar-refractivity contribution is 6.02. The summed E-state index contributed by atoms with van der Waals surface area (Å²) in [6.07, 6.45) is 4.09. The summed E-state index contributed by atoms with van der Waals surface area (Å²) < 4.78 is 0. The average Bonchev–Trinajstić information content (AvgIpc) is 4.00. The van der Waals surface area contributed by atoms with Crippen LogP contribution in [0.4, 0.5) is 5.69 Å². The van der Waals surface area contributed by atoms with Gasteiger partial charge in [-0.15, -0.1) is 10.2 Å². The predicted molar refractivity (Wildman–Crippen MR) is 236 cm³/mol. The Morgan fingerprint density at radius 2 is 1.02 bits per heavy atom. The van der Waals surface area contributed by atoms with Crippen LogP contribution in [0.25, 0.3) is 84.2 Å². The quantitative estimate of drug-likeness (QED) is 0.181. The van der Waals surface area contributed by atoms with E-state index < -0.39 is 0 Å². The van der Waals surface area contributed by atoms with Gasteiger partial charge in [0.2, 0.25) is 0 Å². The third-order valence-corrected chi connectivity index (χ3v) is 13.9. The maximum absolute atomic E-state index is 5.17. The van der Waals surface area contributed by atoms with Gasteiger partial charge in [-0.25, -0.2) is 4.99 Å². The fourth-order valence-electron chi connectivity index (χ4n) is 10.6. The van der Waals surface area contributed by atoms with Gasteiger partial charge in [0.05, 0.1) is 11.0 Å². The fourth-order valence-corrected chi connectivity index (χ4v) is 10.6. The van der Waals surface area contributed by atoms with E-state index in [1.165, 1.54) is 122 Å². The number of nitrogens with zero attached hydrogens (tertiary/aromatic N) is 4. The van der Waals surface area contributed by atoms with Crippen LogP contribution in [0.1, 0.15) is 61.2 Å². The fraction of sp³-hybridized carbons (Fsp3) is 0.148. The lowest BCUT2D eigenvalue weighted by molar-refractivity contribution is 0.875. The highest BCUT2D eigenvalue weighted by Gasteiger charge is 2.33. The molecule has 1 aromatic heterocycles. The van der Waals surface area contributed by atoms with Gasteiger partial charge >= 0.3 is 0 Å². The van der Waals surface area contributed by atoms with Crippen LogP contribution in [0.5, 0.6) is 0 Å². The van der Waals surface area contributed by atoms with Crippen molar-refractivity contribution in [3.05, 3.63) is 175 Å². The third kappa shape index (κ3) is 4.40. The molecule has 0 atom stereocenters. The molecule has 0 amide bonds. The van der Waals surface area contributed by atoms with Crippen molar-refractivity contribution in [2.45, 2.75) is 54.4 Å². The molecule has 1 aliphatic heterocycles. The van der Waals surface area contributed by atoms with Crippen molar-refractivity contribution >= 4 is 11.8 Å². The van der Waals surface area contributed by atoms with Gasteiger partial charge in [0.1, 0.15) is 11.4 Å². The minimum atomic E-state index is 0.861. The first-order chi connectivity index (χ1) is 28.3. The monoisotopic (exact) mass is 744 g/mol. The normalized spacial score (nSPS) is 13.1. The van der Waals surface area contributed by atoms with E-state index in [4.69, 9.17) is 20.4 Å². The lowest BCUT2D eigenvalue weighted by Gasteiger charge is -2.23. The van der Waals surface area contributed by atoms with E-state index >= 15 is 0 Å². The van der Waals surface area contributed by atoms with Crippen molar-refractivity contribution in [3.8, 4) is 78.1 Å². The molecule has 8 aromatic rings. The minimum absolute atomic E-state index is 0.861. The molecule has 0 saturated heterocycles. The average molecular weight is 745 g/mol. The molecule has 4 heteroatoms. The van der Waals surface area contributed by atoms with Crippen molar-refractivity contribution < 1.29 is 0 Å². The third-order valence-electron chi connectivity index (χ3n) is 13.9. The number of para-hydroxylation sites is 1. The van der Waals surface area contributed by atoms with Crippen molar-refractivity contribution in [3.63, 3.8) is 0 Å². The standard InChI is InChI=1S/C54H40N4/c1-27-21-42-35-15-9-7-13-33(35)23-45(42)49(29(27)3)51-53(56-58-57-54(51)50-30(4)28(2)22-43-36-16-10-8-14-34(36)24-46(43)50)41-26-44-37-19-20-39-38-17-11-12-18-48(38)55-52(39)47(37)25-40(44)31(5)32(41)6/h7-22,25-26H,23-24H2,1-6H3. The maximum Gasteiger partial charge on any atom is 0.105 e. The molecule has 276 valence electrons. The number of hydrogen-bond donors (Lipinski definition) is 0. The van der Waals surface area contributed by atoms with E-state index in [9.17, 15) is 0 Å². The predicted octanol–water partition coefficient (Wildman–Crippen LogP) is 11.6. The molecule has 0 radical (unpaired) electrons. The summed E-state index contributed by atoms with van der Waals surface area (Å²) in [5, 5.41) is 17.2. The smallest absolute Gasteiger partial charge is 0.105 e. The molecule has 0 N–H and O–H groups in total. The van der Waals surface area contributed by atoms with Gasteiger partial charge in [-0.05, 0) is 178 Å². The number of fused-ring (bicyclic) bond motifs is 13. The molecule has 0 saturated carbocycles. The maximum atomic E-state index is 5.17. The Balaban J connectivity index is 1.17. The Morgan fingerprint density at radius 1 is 0.431 bits per heavy atom. The summed E-state index contributed by atoms with van der Waals surface area (Å²) in [7, 11) is 0. The summed E-state index contributed by atoms with van der Waals surface area (Å²) in [5.74, 6) is 0. The zero-order valence-corrected chi connectivity index (χ0v) is 33.6. The largest absolute Gasteiger partial charge is 0.247 e. The summed E-state index contributed by atoms with van der Waals surface area (Å²) >= 11 is 0. The molecule has 12 rings (SSSR count). The molecule has 58 heavy (non-hydrogen) atoms. The first kappa shape index (κ1) is 33.4. The molecule has 0 unspecified atom stereocenters. The van der Waals surface area contributed by atoms with Gasteiger partial charge < -0.3 is 0 Å². The van der Waals surface area contributed by atoms with Gasteiger partial charge in [0.25, 0.3) is 0 Å². The van der Waals surface area contributed by atoms with E-state index in [2.05, 4.69) is 151 Å². The second kappa shape index (κ2) is 11.9. The van der Waals surface area contributed by atoms with Crippen molar-refractivity contribution in [2.24, 2.45) is 4.99 Å². The van der Waals surface area contributed by atoms with E-state index in [-0.39, 0.29) is 0 Å². The molecule has 0 fully saturated rings. The molecular formula is C54H40N4. The number of hydrogen-bond acceptors (Lipinski definition) is 4. The van der Waals surface area contributed by atoms with Crippen LogP contribution in [0.2, 0.25) is 0 Å². The van der Waals surface area contributed by atoms with Crippen molar-refractivity contribution in [1.29, 1.82) is 0 Å². The molecule has 7 aromatic carbocycles. The summed E-state index contributed by atoms with van der Waals surface area (Å²) in [4.78, 5) is 5.17. The molecule has 4 nitrogen and oxygen atoms in total. The highest BCUT2D eigenvalue weighted by Crippen LogP contribution is 2.52. The molecule has 4 aliphatic rings. The second-order valence-electron chi connectivity index (χ2n) is 16.8. The van der Waals surface area contributed by atoms with Crippen LogP contribution in [0, 0.1) is 41.5 Å². The van der Waals surface area contributed by atoms with Crippen LogP contribution < -0.4 is 10.6 Å². The van der Waals surface area contributed by atoms with Crippen LogP contribution in [0.15, 0.2) is 108 Å². The number of benzene rings is 7. The van der Waals surface area contributed by atoms with Crippen LogP contribution in [0.3, 0.4) is 0 Å². The van der Waals surface area contributed by atoms with Gasteiger partial charge in [-0.2, -0.15) is 0 Å². The Hall–Kier alpha value is -6.78. The SMILES string of the molecule is Cc1cc2c(c(-c3nnnc(-c4cc5c(c(C)c4C)C=c4c-5ccc5c4=Nc4ccccc4-5)c3-c3c(C)c(C)cc4c3Cc3ccccc3-4)c1C)Cc1ccccc1-2. The van der Waals surface area contributed by atoms with Crippen molar-refractivity contribution in [2.75, 3.05) is 0 Å². The van der Waals surface area contributed by atoms with Gasteiger partial charge in [-0.3, -0.25) is 0 Å². The Labute approximate surface area is 338 Å². The number of rotatable bonds is 3. The van der Waals surface area contributed by atoms with E-state index in [0.717, 1.165) is 46.4 Å². The van der Waals surface area contributed by atoms with E-state index in [1.54, 1.807) is 0 Å². The van der Waals surface area contributed by atoms with Crippen molar-refractivity contribution in [1.82, 2.24) is 15.4 Å². The lowest BCUT2D eigenvalue weighted by atomic mass is 9.81. The Kier molecular flexibility index (Phi) is 6.83. The molecule has 0 bridgehead atoms. The minimum Gasteiger partial charge on any atom is -0.247 e. The topological polar surface area (TPSA) is 51.0 Å². The first-order valence-electron chi connectivity index (χ1n) is 20.4. The molecule has 3 aliphatic carbocycles. The summed E-state index contributed by atoms with van der Waals surface area (Å²) in [6.45, 7) is 13.6. The van der Waals surface area contributed by atoms with Crippen LogP contribution in [-0.4, -0.2) is 15.4 Å². The van der Waals surface area contributed by atoms with Crippen LogP contribution >= 0.6 is 0 Å². The van der Waals surface area contributed by atoms with E-state index in [1.807, 2.05) is 0 Å². The molecule has 2 heterocycles. The summed E-state index contributed by atoms with van der Waals surface area (Å²) in [5.41, 5.74) is 31.7. The van der Waals surface area contributed by atoms with E-state index in [0.29, 0.717) is 0 Å². The molecule has 0 spiro atoms. The Bertz CT molecular complexity index is 3350. The zero-order chi connectivity index (χ0) is 39.1. The number of aromatic nitrogens is 3. The van der Waals surface area contributed by atoms with Gasteiger partial charge in [0.15, 0.2) is 0 Å². The molecular weight excluding hydrogens is 705 g/mol. The van der Waals surface area contributed by atoms with Gasteiger partial charge in [0, 0.05) is 33.0 Å².